The fraction of sp³-hybridized carbons (Fsp3) is 0.545. The van der Waals surface area contributed by atoms with E-state index in [2.05, 4.69) is 5.32 Å². The molecule has 0 aliphatic heterocycles. The van der Waals surface area contributed by atoms with E-state index in [0.29, 0.717) is 13.0 Å². The van der Waals surface area contributed by atoms with Crippen molar-refractivity contribution in [3.63, 3.8) is 0 Å². The van der Waals surface area contributed by atoms with Crippen LogP contribution in [0.2, 0.25) is 0 Å². The second-order valence-corrected chi connectivity index (χ2v) is 3.65. The minimum atomic E-state index is 0.0633. The van der Waals surface area contributed by atoms with Gasteiger partial charge in [-0.05, 0) is 26.2 Å². The molecule has 1 rings (SSSR count). The summed E-state index contributed by atoms with van der Waals surface area (Å²) < 4.78 is 5.33. The van der Waals surface area contributed by atoms with Crippen LogP contribution in [0.5, 0.6) is 0 Å². The maximum absolute atomic E-state index is 11.1. The van der Waals surface area contributed by atoms with E-state index in [1.165, 1.54) is 0 Å². The van der Waals surface area contributed by atoms with Crippen LogP contribution in [-0.4, -0.2) is 31.4 Å². The minimum absolute atomic E-state index is 0.0633. The lowest BCUT2D eigenvalue weighted by Gasteiger charge is -2.22. The number of rotatable bonds is 5. The predicted octanol–water partition coefficient (Wildman–Crippen LogP) is 1.41. The largest absolute Gasteiger partial charge is 0.468 e. The van der Waals surface area contributed by atoms with Crippen molar-refractivity contribution in [2.45, 2.75) is 19.4 Å². The molecule has 0 aliphatic carbocycles. The van der Waals surface area contributed by atoms with Gasteiger partial charge in [0.05, 0.1) is 12.3 Å². The van der Waals surface area contributed by atoms with Crippen LogP contribution >= 0.6 is 0 Å². The van der Waals surface area contributed by atoms with Gasteiger partial charge in [0.2, 0.25) is 5.91 Å². The highest BCUT2D eigenvalue weighted by molar-refractivity contribution is 5.75. The van der Waals surface area contributed by atoms with Crippen LogP contribution in [0.3, 0.4) is 0 Å². The molecular formula is C11H18N2O2. The van der Waals surface area contributed by atoms with E-state index >= 15 is 0 Å². The second-order valence-electron chi connectivity index (χ2n) is 3.65. The van der Waals surface area contributed by atoms with Gasteiger partial charge in [0.1, 0.15) is 5.76 Å². The van der Waals surface area contributed by atoms with E-state index in [4.69, 9.17) is 4.42 Å². The summed E-state index contributed by atoms with van der Waals surface area (Å²) in [5.74, 6) is 0.935. The number of furan rings is 1. The Labute approximate surface area is 90.3 Å². The molecule has 1 N–H and O–H groups in total. The molecule has 15 heavy (non-hydrogen) atoms. The monoisotopic (exact) mass is 210 g/mol. The Kier molecular flexibility index (Phi) is 4.37. The fourth-order valence-corrected chi connectivity index (χ4v) is 1.35. The van der Waals surface area contributed by atoms with Crippen LogP contribution in [0.15, 0.2) is 22.8 Å². The van der Waals surface area contributed by atoms with Gasteiger partial charge in [-0.2, -0.15) is 0 Å². The molecule has 0 fully saturated rings. The molecule has 84 valence electrons. The number of nitrogens with one attached hydrogen (secondary N) is 1. The van der Waals surface area contributed by atoms with E-state index in [9.17, 15) is 4.79 Å². The quantitative estimate of drug-likeness (QED) is 0.799. The predicted molar refractivity (Wildman–Crippen MR) is 58.4 cm³/mol. The first-order valence-corrected chi connectivity index (χ1v) is 5.11. The van der Waals surface area contributed by atoms with Gasteiger partial charge in [0.25, 0.3) is 0 Å². The van der Waals surface area contributed by atoms with Crippen molar-refractivity contribution >= 4 is 5.91 Å². The summed E-state index contributed by atoms with van der Waals surface area (Å²) in [5.41, 5.74) is 0. The molecular weight excluding hydrogens is 192 g/mol. The Bertz CT molecular complexity index is 294. The first-order chi connectivity index (χ1) is 7.15. The molecule has 0 aliphatic rings. The first-order valence-electron chi connectivity index (χ1n) is 5.11. The molecule has 4 heteroatoms. The molecule has 1 heterocycles. The van der Waals surface area contributed by atoms with Crippen LogP contribution in [0.25, 0.3) is 0 Å². The van der Waals surface area contributed by atoms with Crippen LogP contribution in [-0.2, 0) is 4.79 Å². The van der Waals surface area contributed by atoms with E-state index in [0.717, 1.165) is 5.76 Å². The van der Waals surface area contributed by atoms with E-state index in [1.54, 1.807) is 6.26 Å². The third-order valence-electron chi connectivity index (χ3n) is 2.31. The van der Waals surface area contributed by atoms with Crippen molar-refractivity contribution in [3.05, 3.63) is 24.2 Å². The molecule has 1 aromatic heterocycles. The number of likely N-dealkylation sites (N-methyl/N-ethyl adjacent to an activating group) is 1. The van der Waals surface area contributed by atoms with Crippen molar-refractivity contribution in [1.82, 2.24) is 10.2 Å². The summed E-state index contributed by atoms with van der Waals surface area (Å²) in [5, 5.41) is 2.86. The maximum Gasteiger partial charge on any atom is 0.219 e. The van der Waals surface area contributed by atoms with Crippen LogP contribution in [0.4, 0.5) is 0 Å². The lowest BCUT2D eigenvalue weighted by Crippen LogP contribution is -2.33. The summed E-state index contributed by atoms with van der Waals surface area (Å²) in [4.78, 5) is 13.2. The van der Waals surface area contributed by atoms with Gasteiger partial charge in [-0.3, -0.25) is 9.69 Å². The summed E-state index contributed by atoms with van der Waals surface area (Å²) in [6, 6.07) is 3.87. The summed E-state index contributed by atoms with van der Waals surface area (Å²) in [6.45, 7) is 2.42. The average molecular weight is 210 g/mol. The number of amides is 1. The average Bonchev–Trinajstić information content (AvgIpc) is 2.70. The molecule has 1 atom stereocenters. The number of hydrogen-bond donors (Lipinski definition) is 1. The van der Waals surface area contributed by atoms with Gasteiger partial charge in [-0.1, -0.05) is 6.92 Å². The van der Waals surface area contributed by atoms with Crippen molar-refractivity contribution < 1.29 is 9.21 Å². The molecule has 1 aromatic rings. The van der Waals surface area contributed by atoms with Crippen molar-refractivity contribution in [1.29, 1.82) is 0 Å². The maximum atomic E-state index is 11.1. The molecule has 0 radical (unpaired) electrons. The lowest BCUT2D eigenvalue weighted by molar-refractivity contribution is -0.121. The highest BCUT2D eigenvalue weighted by atomic mass is 16.3. The van der Waals surface area contributed by atoms with Crippen LogP contribution < -0.4 is 5.32 Å². The standard InChI is InChI=1S/C11H18N2O2/c1-4-11(14)12-8-9(13(2)3)10-6-5-7-15-10/h5-7,9H,4,8H2,1-3H3,(H,12,14)/t9-/m1/s1. The van der Waals surface area contributed by atoms with Gasteiger partial charge >= 0.3 is 0 Å². The lowest BCUT2D eigenvalue weighted by atomic mass is 10.2. The Hall–Kier alpha value is -1.29. The third-order valence-corrected chi connectivity index (χ3v) is 2.31. The van der Waals surface area contributed by atoms with Gasteiger partial charge < -0.3 is 9.73 Å². The third kappa shape index (κ3) is 3.40. The van der Waals surface area contributed by atoms with Gasteiger partial charge in [-0.15, -0.1) is 0 Å². The fourth-order valence-electron chi connectivity index (χ4n) is 1.35. The Balaban J connectivity index is 2.56. The van der Waals surface area contributed by atoms with Crippen LogP contribution in [0.1, 0.15) is 25.1 Å². The molecule has 0 saturated carbocycles. The zero-order valence-electron chi connectivity index (χ0n) is 9.49. The van der Waals surface area contributed by atoms with E-state index < -0.39 is 0 Å². The van der Waals surface area contributed by atoms with E-state index in [-0.39, 0.29) is 11.9 Å². The number of carbonyl (C=O) groups excluding carboxylic acids is 1. The van der Waals surface area contributed by atoms with E-state index in [1.807, 2.05) is 38.1 Å². The minimum Gasteiger partial charge on any atom is -0.468 e. The Morgan fingerprint density at radius 1 is 1.60 bits per heavy atom. The number of nitrogens with zero attached hydrogens (tertiary/aromatic N) is 1. The molecule has 0 bridgehead atoms. The molecule has 1 amide bonds. The highest BCUT2D eigenvalue weighted by Crippen LogP contribution is 2.17. The number of hydrogen-bond acceptors (Lipinski definition) is 3. The normalized spacial score (nSPS) is 12.8. The SMILES string of the molecule is CCC(=O)NC[C@H](c1ccco1)N(C)C. The summed E-state index contributed by atoms with van der Waals surface area (Å²) in [6.07, 6.45) is 2.16. The molecule has 4 nitrogen and oxygen atoms in total. The smallest absolute Gasteiger partial charge is 0.219 e. The van der Waals surface area contributed by atoms with Crippen molar-refractivity contribution in [3.8, 4) is 0 Å². The summed E-state index contributed by atoms with van der Waals surface area (Å²) in [7, 11) is 3.93. The van der Waals surface area contributed by atoms with Crippen molar-refractivity contribution in [2.24, 2.45) is 0 Å². The van der Waals surface area contributed by atoms with Gasteiger partial charge in [0, 0.05) is 13.0 Å². The number of carbonyl (C=O) groups is 1. The highest BCUT2D eigenvalue weighted by Gasteiger charge is 2.17. The Morgan fingerprint density at radius 3 is 2.80 bits per heavy atom. The summed E-state index contributed by atoms with van der Waals surface area (Å²) >= 11 is 0. The topological polar surface area (TPSA) is 45.5 Å². The first kappa shape index (κ1) is 11.8. The molecule has 0 spiro atoms. The molecule has 0 unspecified atom stereocenters. The Morgan fingerprint density at radius 2 is 2.33 bits per heavy atom. The van der Waals surface area contributed by atoms with Gasteiger partial charge in [0.15, 0.2) is 0 Å². The van der Waals surface area contributed by atoms with Crippen molar-refractivity contribution in [2.75, 3.05) is 20.6 Å². The zero-order valence-corrected chi connectivity index (χ0v) is 9.49. The second kappa shape index (κ2) is 5.56. The molecule has 0 saturated heterocycles. The van der Waals surface area contributed by atoms with Gasteiger partial charge in [-0.25, -0.2) is 0 Å². The zero-order chi connectivity index (χ0) is 11.3. The van der Waals surface area contributed by atoms with Crippen LogP contribution in [0, 0.1) is 0 Å². The molecule has 0 aromatic carbocycles.